The van der Waals surface area contributed by atoms with Crippen molar-refractivity contribution in [1.29, 1.82) is 0 Å². The van der Waals surface area contributed by atoms with Gasteiger partial charge >= 0.3 is 0 Å². The Kier molecular flexibility index (Phi) is 4.33. The normalized spacial score (nSPS) is 20.2. The summed E-state index contributed by atoms with van der Waals surface area (Å²) in [4.78, 5) is 12.1. The van der Waals surface area contributed by atoms with Gasteiger partial charge in [0.15, 0.2) is 0 Å². The minimum absolute atomic E-state index is 0.298. The maximum absolute atomic E-state index is 13.4. The summed E-state index contributed by atoms with van der Waals surface area (Å²) >= 11 is 0. The lowest BCUT2D eigenvalue weighted by Gasteiger charge is -2.39. The lowest BCUT2D eigenvalue weighted by molar-refractivity contribution is -0.119. The molecule has 0 spiro atoms. The van der Waals surface area contributed by atoms with Gasteiger partial charge in [-0.1, -0.05) is 30.3 Å². The molecule has 0 aliphatic carbocycles. The zero-order valence-corrected chi connectivity index (χ0v) is 15.4. The summed E-state index contributed by atoms with van der Waals surface area (Å²) in [7, 11) is -3.75. The molecule has 6 heteroatoms. The van der Waals surface area contributed by atoms with Crippen LogP contribution < -0.4 is 10.0 Å². The van der Waals surface area contributed by atoms with Crippen molar-refractivity contribution >= 4 is 21.6 Å². The molecule has 132 valence electrons. The number of amides is 1. The van der Waals surface area contributed by atoms with Gasteiger partial charge in [0.1, 0.15) is 0 Å². The van der Waals surface area contributed by atoms with Crippen LogP contribution in [0.15, 0.2) is 47.4 Å². The van der Waals surface area contributed by atoms with Crippen LogP contribution in [0.5, 0.6) is 0 Å². The van der Waals surface area contributed by atoms with E-state index in [-0.39, 0.29) is 6.04 Å². The number of carbonyl (C=O) groups is 1. The quantitative estimate of drug-likeness (QED) is 0.916. The molecule has 1 heterocycles. The first-order valence-corrected chi connectivity index (χ1v) is 9.67. The summed E-state index contributed by atoms with van der Waals surface area (Å²) < 4.78 is 28.3. The Hall–Kier alpha value is -2.34. The van der Waals surface area contributed by atoms with Crippen molar-refractivity contribution in [3.8, 4) is 0 Å². The molecule has 0 fully saturated rings. The van der Waals surface area contributed by atoms with Crippen molar-refractivity contribution in [3.05, 3.63) is 59.2 Å². The van der Waals surface area contributed by atoms with Crippen LogP contribution in [0, 0.1) is 13.8 Å². The van der Waals surface area contributed by atoms with Crippen LogP contribution in [-0.2, 0) is 14.8 Å². The second-order valence-corrected chi connectivity index (χ2v) is 8.45. The highest BCUT2D eigenvalue weighted by molar-refractivity contribution is 7.93. The van der Waals surface area contributed by atoms with Gasteiger partial charge in [0.05, 0.1) is 16.5 Å². The number of nitrogens with two attached hydrogens (primary N) is 1. The Labute approximate surface area is 148 Å². The SMILES string of the molecule is Cc1ccc(C)c(S(=O)(=O)N2c3ccccc3C(C(N)=O)CC2C)c1. The minimum Gasteiger partial charge on any atom is -0.369 e. The van der Waals surface area contributed by atoms with Gasteiger partial charge in [0, 0.05) is 6.04 Å². The van der Waals surface area contributed by atoms with E-state index >= 15 is 0 Å². The second-order valence-electron chi connectivity index (χ2n) is 6.67. The first-order chi connectivity index (χ1) is 11.7. The lowest BCUT2D eigenvalue weighted by atomic mass is 9.87. The molecule has 0 bridgehead atoms. The van der Waals surface area contributed by atoms with E-state index in [0.29, 0.717) is 28.1 Å². The van der Waals surface area contributed by atoms with Crippen LogP contribution in [0.3, 0.4) is 0 Å². The predicted molar refractivity (Wildman–Crippen MR) is 98.0 cm³/mol. The number of hydrogen-bond donors (Lipinski definition) is 1. The van der Waals surface area contributed by atoms with E-state index in [1.165, 1.54) is 4.31 Å². The molecule has 2 unspecified atom stereocenters. The molecular formula is C19H22N2O3S. The van der Waals surface area contributed by atoms with Crippen LogP contribution in [-0.4, -0.2) is 20.4 Å². The number of hydrogen-bond acceptors (Lipinski definition) is 3. The highest BCUT2D eigenvalue weighted by Crippen LogP contribution is 2.41. The number of primary amides is 1. The topological polar surface area (TPSA) is 80.5 Å². The lowest BCUT2D eigenvalue weighted by Crippen LogP contribution is -2.45. The van der Waals surface area contributed by atoms with Crippen molar-refractivity contribution in [2.24, 2.45) is 5.73 Å². The molecule has 0 saturated carbocycles. The van der Waals surface area contributed by atoms with Crippen molar-refractivity contribution in [2.75, 3.05) is 4.31 Å². The van der Waals surface area contributed by atoms with Gasteiger partial charge < -0.3 is 5.73 Å². The average molecular weight is 358 g/mol. The van der Waals surface area contributed by atoms with Gasteiger partial charge in [-0.25, -0.2) is 8.42 Å². The number of benzene rings is 2. The molecule has 1 amide bonds. The fourth-order valence-corrected chi connectivity index (χ4v) is 5.52. The Morgan fingerprint density at radius 2 is 1.84 bits per heavy atom. The third kappa shape index (κ3) is 2.91. The molecule has 2 atom stereocenters. The Bertz CT molecular complexity index is 937. The average Bonchev–Trinajstić information content (AvgIpc) is 2.55. The molecule has 2 N–H and O–H groups in total. The standard InChI is InChI=1S/C19H22N2O3S/c1-12-8-9-13(2)18(10-12)25(23,24)21-14(3)11-16(19(20)22)15-6-4-5-7-17(15)21/h4-10,14,16H,11H2,1-3H3,(H2,20,22). The van der Waals surface area contributed by atoms with Gasteiger partial charge in [-0.2, -0.15) is 0 Å². The third-order valence-electron chi connectivity index (χ3n) is 4.75. The van der Waals surface area contributed by atoms with E-state index in [2.05, 4.69) is 0 Å². The molecule has 1 aliphatic rings. The van der Waals surface area contributed by atoms with Crippen LogP contribution >= 0.6 is 0 Å². The predicted octanol–water partition coefficient (Wildman–Crippen LogP) is 2.86. The highest BCUT2D eigenvalue weighted by atomic mass is 32.2. The number of rotatable bonds is 3. The molecule has 25 heavy (non-hydrogen) atoms. The van der Waals surface area contributed by atoms with Crippen molar-refractivity contribution < 1.29 is 13.2 Å². The number of carbonyl (C=O) groups excluding carboxylic acids is 1. The van der Waals surface area contributed by atoms with E-state index in [1.807, 2.05) is 26.0 Å². The highest BCUT2D eigenvalue weighted by Gasteiger charge is 2.39. The van der Waals surface area contributed by atoms with Crippen LogP contribution in [0.1, 0.15) is 36.0 Å². The van der Waals surface area contributed by atoms with Gasteiger partial charge in [-0.3, -0.25) is 9.10 Å². The number of nitrogens with zero attached hydrogens (tertiary/aromatic N) is 1. The van der Waals surface area contributed by atoms with Gasteiger partial charge in [-0.05, 0) is 56.0 Å². The number of anilines is 1. The summed E-state index contributed by atoms with van der Waals surface area (Å²) in [6.07, 6.45) is 0.371. The number of para-hydroxylation sites is 1. The first kappa shape index (κ1) is 17.5. The van der Waals surface area contributed by atoms with Crippen LogP contribution in [0.2, 0.25) is 0 Å². The number of fused-ring (bicyclic) bond motifs is 1. The summed E-state index contributed by atoms with van der Waals surface area (Å²) in [6, 6.07) is 12.1. The summed E-state index contributed by atoms with van der Waals surface area (Å²) in [5.74, 6) is -0.903. The van der Waals surface area contributed by atoms with Crippen LogP contribution in [0.25, 0.3) is 0 Å². The fourth-order valence-electron chi connectivity index (χ4n) is 3.51. The molecule has 0 aromatic heterocycles. The van der Waals surface area contributed by atoms with Crippen molar-refractivity contribution in [2.45, 2.75) is 44.0 Å². The van der Waals surface area contributed by atoms with Gasteiger partial charge in [-0.15, -0.1) is 0 Å². The summed E-state index contributed by atoms with van der Waals surface area (Å²) in [6.45, 7) is 5.47. The first-order valence-electron chi connectivity index (χ1n) is 8.23. The van der Waals surface area contributed by atoms with E-state index in [9.17, 15) is 13.2 Å². The largest absolute Gasteiger partial charge is 0.369 e. The smallest absolute Gasteiger partial charge is 0.264 e. The Morgan fingerprint density at radius 3 is 2.52 bits per heavy atom. The zero-order chi connectivity index (χ0) is 18.4. The molecule has 5 nitrogen and oxygen atoms in total. The minimum atomic E-state index is -3.75. The van der Waals surface area contributed by atoms with Gasteiger partial charge in [0.25, 0.3) is 10.0 Å². The maximum Gasteiger partial charge on any atom is 0.264 e. The maximum atomic E-state index is 13.4. The fraction of sp³-hybridized carbons (Fsp3) is 0.316. The monoisotopic (exact) mass is 358 g/mol. The molecule has 3 rings (SSSR count). The molecule has 0 saturated heterocycles. The van der Waals surface area contributed by atoms with E-state index < -0.39 is 21.8 Å². The summed E-state index contributed by atoms with van der Waals surface area (Å²) in [5, 5.41) is 0. The third-order valence-corrected chi connectivity index (χ3v) is 6.82. The Balaban J connectivity index is 2.20. The molecule has 1 aliphatic heterocycles. The molecule has 2 aromatic rings. The van der Waals surface area contributed by atoms with Crippen LogP contribution in [0.4, 0.5) is 5.69 Å². The van der Waals surface area contributed by atoms with Crippen molar-refractivity contribution in [1.82, 2.24) is 0 Å². The molecule has 0 radical (unpaired) electrons. The van der Waals surface area contributed by atoms with Gasteiger partial charge in [0.2, 0.25) is 5.91 Å². The van der Waals surface area contributed by atoms with E-state index in [4.69, 9.17) is 5.73 Å². The molecular weight excluding hydrogens is 336 g/mol. The zero-order valence-electron chi connectivity index (χ0n) is 14.6. The summed E-state index contributed by atoms with van der Waals surface area (Å²) in [5.41, 5.74) is 8.34. The van der Waals surface area contributed by atoms with E-state index in [1.54, 1.807) is 37.3 Å². The number of aryl methyl sites for hydroxylation is 2. The van der Waals surface area contributed by atoms with E-state index in [0.717, 1.165) is 5.56 Å². The van der Waals surface area contributed by atoms with Crippen molar-refractivity contribution in [3.63, 3.8) is 0 Å². The molecule has 2 aromatic carbocycles. The second kappa shape index (κ2) is 6.19. The Morgan fingerprint density at radius 1 is 1.16 bits per heavy atom. The number of sulfonamides is 1.